The van der Waals surface area contributed by atoms with Crippen molar-refractivity contribution in [1.82, 2.24) is 9.78 Å². The number of aryl methyl sites for hydroxylation is 2. The predicted octanol–water partition coefficient (Wildman–Crippen LogP) is 3.16. The Hall–Kier alpha value is -1.32. The summed E-state index contributed by atoms with van der Waals surface area (Å²) in [4.78, 5) is 0. The van der Waals surface area contributed by atoms with Gasteiger partial charge in [0.05, 0.1) is 23.5 Å². The summed E-state index contributed by atoms with van der Waals surface area (Å²) in [6.45, 7) is 6.76. The highest BCUT2D eigenvalue weighted by Gasteiger charge is 2.12. The number of aromatic nitrogens is 2. The quantitative estimate of drug-likeness (QED) is 0.924. The molecule has 0 radical (unpaired) electrons. The van der Waals surface area contributed by atoms with Gasteiger partial charge in [0.1, 0.15) is 0 Å². The highest BCUT2D eigenvalue weighted by Crippen LogP contribution is 2.20. The number of halogens is 1. The fourth-order valence-electron chi connectivity index (χ4n) is 2.13. The van der Waals surface area contributed by atoms with Gasteiger partial charge < -0.3 is 5.73 Å². The predicted molar refractivity (Wildman–Crippen MR) is 74.8 cm³/mol. The van der Waals surface area contributed by atoms with Gasteiger partial charge in [0.25, 0.3) is 0 Å². The lowest BCUT2D eigenvalue weighted by Gasteiger charge is -2.16. The van der Waals surface area contributed by atoms with Gasteiger partial charge in [-0.05, 0) is 31.9 Å². The SMILES string of the molecule is Cc1ccc(C(N)Cn2ncc(Cl)c2C)c(C)c1. The van der Waals surface area contributed by atoms with Crippen LogP contribution in [0.3, 0.4) is 0 Å². The lowest BCUT2D eigenvalue weighted by molar-refractivity contribution is 0.516. The molecule has 96 valence electrons. The minimum absolute atomic E-state index is 0.0692. The van der Waals surface area contributed by atoms with Gasteiger partial charge in [-0.1, -0.05) is 35.4 Å². The fraction of sp³-hybridized carbons (Fsp3) is 0.357. The van der Waals surface area contributed by atoms with E-state index in [0.29, 0.717) is 11.6 Å². The molecule has 3 nitrogen and oxygen atoms in total. The summed E-state index contributed by atoms with van der Waals surface area (Å²) < 4.78 is 1.85. The molecular weight excluding hydrogens is 246 g/mol. The molecule has 1 aromatic carbocycles. The van der Waals surface area contributed by atoms with Crippen molar-refractivity contribution < 1.29 is 0 Å². The maximum absolute atomic E-state index is 6.25. The normalized spacial score (nSPS) is 12.7. The Kier molecular flexibility index (Phi) is 3.73. The molecule has 1 unspecified atom stereocenters. The van der Waals surface area contributed by atoms with Crippen molar-refractivity contribution in [1.29, 1.82) is 0 Å². The Labute approximate surface area is 113 Å². The molecule has 1 heterocycles. The van der Waals surface area contributed by atoms with E-state index in [4.69, 9.17) is 17.3 Å². The molecule has 1 aromatic heterocycles. The summed E-state index contributed by atoms with van der Waals surface area (Å²) in [6.07, 6.45) is 1.66. The van der Waals surface area contributed by atoms with Gasteiger partial charge in [-0.25, -0.2) is 0 Å². The van der Waals surface area contributed by atoms with Crippen LogP contribution in [0.25, 0.3) is 0 Å². The lowest BCUT2D eigenvalue weighted by Crippen LogP contribution is -2.20. The molecular formula is C14H18ClN3. The molecule has 0 amide bonds. The summed E-state index contributed by atoms with van der Waals surface area (Å²) in [5.74, 6) is 0. The van der Waals surface area contributed by atoms with Crippen LogP contribution >= 0.6 is 11.6 Å². The molecule has 4 heteroatoms. The molecule has 0 aliphatic heterocycles. The molecule has 0 fully saturated rings. The Balaban J connectivity index is 2.22. The van der Waals surface area contributed by atoms with E-state index in [-0.39, 0.29) is 6.04 Å². The zero-order valence-electron chi connectivity index (χ0n) is 10.9. The van der Waals surface area contributed by atoms with Crippen molar-refractivity contribution in [2.24, 2.45) is 5.73 Å². The van der Waals surface area contributed by atoms with E-state index in [1.165, 1.54) is 11.1 Å². The molecule has 0 saturated carbocycles. The smallest absolute Gasteiger partial charge is 0.0814 e. The van der Waals surface area contributed by atoms with E-state index >= 15 is 0 Å². The Morgan fingerprint density at radius 1 is 1.33 bits per heavy atom. The van der Waals surface area contributed by atoms with E-state index in [9.17, 15) is 0 Å². The van der Waals surface area contributed by atoms with Crippen LogP contribution in [0.15, 0.2) is 24.4 Å². The van der Waals surface area contributed by atoms with Crippen molar-refractivity contribution in [3.63, 3.8) is 0 Å². The van der Waals surface area contributed by atoms with Crippen molar-refractivity contribution in [2.45, 2.75) is 33.4 Å². The molecule has 2 aromatic rings. The Morgan fingerprint density at radius 3 is 2.61 bits per heavy atom. The summed E-state index contributed by atoms with van der Waals surface area (Å²) in [5, 5.41) is 4.92. The highest BCUT2D eigenvalue weighted by molar-refractivity contribution is 6.31. The van der Waals surface area contributed by atoms with Crippen LogP contribution in [0.2, 0.25) is 5.02 Å². The number of nitrogens with zero attached hydrogens (tertiary/aromatic N) is 2. The highest BCUT2D eigenvalue weighted by atomic mass is 35.5. The van der Waals surface area contributed by atoms with Crippen LogP contribution < -0.4 is 5.73 Å². The van der Waals surface area contributed by atoms with Crippen LogP contribution in [-0.2, 0) is 6.54 Å². The first-order valence-electron chi connectivity index (χ1n) is 5.99. The molecule has 18 heavy (non-hydrogen) atoms. The Morgan fingerprint density at radius 2 is 2.06 bits per heavy atom. The number of rotatable bonds is 3. The second-order valence-electron chi connectivity index (χ2n) is 4.73. The van der Waals surface area contributed by atoms with Gasteiger partial charge in [0, 0.05) is 6.04 Å². The van der Waals surface area contributed by atoms with Crippen molar-refractivity contribution >= 4 is 11.6 Å². The molecule has 0 spiro atoms. The third kappa shape index (κ3) is 2.57. The van der Waals surface area contributed by atoms with E-state index in [1.54, 1.807) is 6.20 Å². The minimum Gasteiger partial charge on any atom is -0.322 e. The maximum Gasteiger partial charge on any atom is 0.0814 e. The second-order valence-corrected chi connectivity index (χ2v) is 5.13. The van der Waals surface area contributed by atoms with Crippen LogP contribution in [0, 0.1) is 20.8 Å². The van der Waals surface area contributed by atoms with E-state index < -0.39 is 0 Å². The zero-order chi connectivity index (χ0) is 13.3. The van der Waals surface area contributed by atoms with Gasteiger partial charge in [-0.2, -0.15) is 5.10 Å². The second kappa shape index (κ2) is 5.12. The zero-order valence-corrected chi connectivity index (χ0v) is 11.7. The summed E-state index contributed by atoms with van der Waals surface area (Å²) in [5.41, 5.74) is 10.8. The fourth-order valence-corrected chi connectivity index (χ4v) is 2.28. The minimum atomic E-state index is -0.0692. The first-order valence-corrected chi connectivity index (χ1v) is 6.37. The molecule has 0 bridgehead atoms. The number of nitrogens with two attached hydrogens (primary N) is 1. The Bertz CT molecular complexity index is 560. The monoisotopic (exact) mass is 263 g/mol. The molecule has 0 saturated heterocycles. The lowest BCUT2D eigenvalue weighted by atomic mass is 10.00. The van der Waals surface area contributed by atoms with Crippen LogP contribution in [0.1, 0.15) is 28.4 Å². The first kappa shape index (κ1) is 13.1. The van der Waals surface area contributed by atoms with E-state index in [2.05, 4.69) is 37.1 Å². The summed E-state index contributed by atoms with van der Waals surface area (Å²) in [6, 6.07) is 6.26. The van der Waals surface area contributed by atoms with E-state index in [1.807, 2.05) is 11.6 Å². The molecule has 0 aliphatic carbocycles. The van der Waals surface area contributed by atoms with Crippen LogP contribution in [-0.4, -0.2) is 9.78 Å². The van der Waals surface area contributed by atoms with Gasteiger partial charge in [-0.15, -0.1) is 0 Å². The van der Waals surface area contributed by atoms with Crippen LogP contribution in [0.5, 0.6) is 0 Å². The third-order valence-corrected chi connectivity index (χ3v) is 3.61. The standard InChI is InChI=1S/C14H18ClN3/c1-9-4-5-12(10(2)6-9)14(16)8-18-11(3)13(15)7-17-18/h4-7,14H,8,16H2,1-3H3. The van der Waals surface area contributed by atoms with Gasteiger partial charge in [-0.3, -0.25) is 4.68 Å². The third-order valence-electron chi connectivity index (χ3n) is 3.24. The molecule has 1 atom stereocenters. The topological polar surface area (TPSA) is 43.8 Å². The molecule has 2 N–H and O–H groups in total. The summed E-state index contributed by atoms with van der Waals surface area (Å²) >= 11 is 5.99. The van der Waals surface area contributed by atoms with E-state index in [0.717, 1.165) is 11.3 Å². The van der Waals surface area contributed by atoms with Crippen molar-refractivity contribution in [3.05, 3.63) is 51.8 Å². The number of hydrogen-bond donors (Lipinski definition) is 1. The molecule has 0 aliphatic rings. The summed E-state index contributed by atoms with van der Waals surface area (Å²) in [7, 11) is 0. The largest absolute Gasteiger partial charge is 0.322 e. The first-order chi connectivity index (χ1) is 8.49. The van der Waals surface area contributed by atoms with Crippen LogP contribution in [0.4, 0.5) is 0 Å². The van der Waals surface area contributed by atoms with Crippen molar-refractivity contribution in [3.8, 4) is 0 Å². The van der Waals surface area contributed by atoms with Crippen molar-refractivity contribution in [2.75, 3.05) is 0 Å². The maximum atomic E-state index is 6.25. The average Bonchev–Trinajstić information content (AvgIpc) is 2.61. The van der Waals surface area contributed by atoms with Gasteiger partial charge in [0.15, 0.2) is 0 Å². The number of hydrogen-bond acceptors (Lipinski definition) is 2. The average molecular weight is 264 g/mol. The van der Waals surface area contributed by atoms with Gasteiger partial charge >= 0.3 is 0 Å². The van der Waals surface area contributed by atoms with Gasteiger partial charge in [0.2, 0.25) is 0 Å². The number of benzene rings is 1. The molecule has 2 rings (SSSR count).